The van der Waals surface area contributed by atoms with Gasteiger partial charge in [-0.1, -0.05) is 12.1 Å². The van der Waals surface area contributed by atoms with E-state index < -0.39 is 0 Å². The first kappa shape index (κ1) is 18.8. The number of hydrogen-bond acceptors (Lipinski definition) is 4. The number of fused-ring (bicyclic) bond motifs is 1. The van der Waals surface area contributed by atoms with E-state index in [0.29, 0.717) is 35.8 Å². The van der Waals surface area contributed by atoms with E-state index in [1.54, 1.807) is 31.4 Å². The van der Waals surface area contributed by atoms with Crippen LogP contribution in [0.5, 0.6) is 11.5 Å². The quantitative estimate of drug-likeness (QED) is 0.851. The maximum Gasteiger partial charge on any atom is 0.251 e. The predicted octanol–water partition coefficient (Wildman–Crippen LogP) is 3.02. The minimum atomic E-state index is -0.284. The van der Waals surface area contributed by atoms with Gasteiger partial charge in [0.1, 0.15) is 6.61 Å². The first-order chi connectivity index (χ1) is 13.0. The van der Waals surface area contributed by atoms with Crippen molar-refractivity contribution in [1.29, 1.82) is 0 Å². The molecule has 2 amide bonds. The number of amides is 2. The number of carbonyl (C=O) groups is 2. The molecular weight excluding hydrogens is 344 g/mol. The summed E-state index contributed by atoms with van der Waals surface area (Å²) >= 11 is 0. The lowest BCUT2D eigenvalue weighted by molar-refractivity contribution is -0.121. The third-order valence-electron chi connectivity index (χ3n) is 4.38. The zero-order valence-electron chi connectivity index (χ0n) is 15.7. The zero-order chi connectivity index (χ0) is 19.4. The van der Waals surface area contributed by atoms with Crippen LogP contribution in [0, 0.1) is 5.92 Å². The highest BCUT2D eigenvalue weighted by Gasteiger charge is 2.27. The maximum atomic E-state index is 12.6. The number of anilines is 1. The summed E-state index contributed by atoms with van der Waals surface area (Å²) in [5.41, 5.74) is 2.17. The molecule has 0 saturated heterocycles. The van der Waals surface area contributed by atoms with Gasteiger partial charge in [0.25, 0.3) is 5.91 Å². The fraction of sp³-hybridized carbons (Fsp3) is 0.333. The van der Waals surface area contributed by atoms with Crippen LogP contribution in [-0.4, -0.2) is 31.6 Å². The van der Waals surface area contributed by atoms with Gasteiger partial charge < -0.3 is 20.1 Å². The van der Waals surface area contributed by atoms with Gasteiger partial charge >= 0.3 is 0 Å². The van der Waals surface area contributed by atoms with Crippen LogP contribution in [0.15, 0.2) is 42.5 Å². The van der Waals surface area contributed by atoms with E-state index in [9.17, 15) is 9.59 Å². The molecule has 1 aliphatic heterocycles. The molecule has 3 rings (SSSR count). The highest BCUT2D eigenvalue weighted by atomic mass is 16.5. The summed E-state index contributed by atoms with van der Waals surface area (Å²) in [6, 6.07) is 12.6. The Hall–Kier alpha value is -3.02. The molecule has 1 unspecified atom stereocenters. The zero-order valence-corrected chi connectivity index (χ0v) is 15.7. The second-order valence-electron chi connectivity index (χ2n) is 6.86. The monoisotopic (exact) mass is 368 g/mol. The number of para-hydroxylation sites is 1. The number of ether oxygens (including phenoxy) is 2. The van der Waals surface area contributed by atoms with E-state index in [0.717, 1.165) is 5.56 Å². The van der Waals surface area contributed by atoms with E-state index in [4.69, 9.17) is 9.47 Å². The molecular formula is C21H24N2O4. The van der Waals surface area contributed by atoms with Crippen molar-refractivity contribution in [2.75, 3.05) is 19.0 Å². The summed E-state index contributed by atoms with van der Waals surface area (Å²) in [5, 5.41) is 5.73. The molecule has 142 valence electrons. The molecule has 2 aromatic carbocycles. The van der Waals surface area contributed by atoms with Crippen LogP contribution in [0.2, 0.25) is 0 Å². The first-order valence-corrected chi connectivity index (χ1v) is 8.98. The number of carbonyl (C=O) groups excluding carboxylic acids is 2. The van der Waals surface area contributed by atoms with Gasteiger partial charge in [-0.2, -0.15) is 0 Å². The van der Waals surface area contributed by atoms with Gasteiger partial charge in [-0.25, -0.2) is 0 Å². The van der Waals surface area contributed by atoms with Crippen molar-refractivity contribution < 1.29 is 19.1 Å². The maximum absolute atomic E-state index is 12.6. The largest absolute Gasteiger partial charge is 0.493 e. The predicted molar refractivity (Wildman–Crippen MR) is 103 cm³/mol. The van der Waals surface area contributed by atoms with Crippen molar-refractivity contribution in [1.82, 2.24) is 5.32 Å². The Balaban J connectivity index is 1.63. The number of rotatable bonds is 5. The van der Waals surface area contributed by atoms with Crippen molar-refractivity contribution in [3.63, 3.8) is 0 Å². The first-order valence-electron chi connectivity index (χ1n) is 8.98. The van der Waals surface area contributed by atoms with Crippen molar-refractivity contribution in [3.05, 3.63) is 53.6 Å². The second-order valence-corrected chi connectivity index (χ2v) is 6.86. The molecule has 6 heteroatoms. The van der Waals surface area contributed by atoms with Gasteiger partial charge in [0, 0.05) is 17.3 Å². The lowest BCUT2D eigenvalue weighted by Gasteiger charge is -2.25. The van der Waals surface area contributed by atoms with Crippen molar-refractivity contribution >= 4 is 17.5 Å². The van der Waals surface area contributed by atoms with E-state index in [1.807, 2.05) is 32.0 Å². The Morgan fingerprint density at radius 1 is 1.15 bits per heavy atom. The lowest BCUT2D eigenvalue weighted by Crippen LogP contribution is -2.32. The fourth-order valence-electron chi connectivity index (χ4n) is 3.02. The number of benzene rings is 2. The third-order valence-corrected chi connectivity index (χ3v) is 4.38. The van der Waals surface area contributed by atoms with Crippen LogP contribution in [0.25, 0.3) is 0 Å². The molecule has 1 heterocycles. The molecule has 1 aliphatic rings. The summed E-state index contributed by atoms with van der Waals surface area (Å²) in [6.07, 6.45) is 0.591. The molecule has 0 radical (unpaired) electrons. The van der Waals surface area contributed by atoms with E-state index in [-0.39, 0.29) is 23.8 Å². The Morgan fingerprint density at radius 3 is 2.56 bits per heavy atom. The van der Waals surface area contributed by atoms with Crippen LogP contribution in [0.1, 0.15) is 29.8 Å². The minimum Gasteiger partial charge on any atom is -0.493 e. The second kappa shape index (κ2) is 8.12. The Morgan fingerprint density at radius 2 is 1.89 bits per heavy atom. The van der Waals surface area contributed by atoms with Crippen LogP contribution >= 0.6 is 0 Å². The molecule has 0 saturated carbocycles. The van der Waals surface area contributed by atoms with Gasteiger partial charge in [0.05, 0.1) is 13.0 Å². The summed E-state index contributed by atoms with van der Waals surface area (Å²) in [7, 11) is 1.60. The average molecular weight is 368 g/mol. The molecule has 2 N–H and O–H groups in total. The molecule has 0 fully saturated rings. The summed E-state index contributed by atoms with van der Waals surface area (Å²) < 4.78 is 11.1. The van der Waals surface area contributed by atoms with Crippen LogP contribution < -0.4 is 20.1 Å². The van der Waals surface area contributed by atoms with Gasteiger partial charge in [0.15, 0.2) is 11.5 Å². The van der Waals surface area contributed by atoms with Crippen LogP contribution in [0.3, 0.4) is 0 Å². The Labute approximate surface area is 158 Å². The summed E-state index contributed by atoms with van der Waals surface area (Å²) in [6.45, 7) is 4.12. The van der Waals surface area contributed by atoms with Crippen molar-refractivity contribution in [2.45, 2.75) is 26.3 Å². The van der Waals surface area contributed by atoms with Gasteiger partial charge in [0.2, 0.25) is 5.91 Å². The molecule has 0 spiro atoms. The van der Waals surface area contributed by atoms with Crippen molar-refractivity contribution in [3.8, 4) is 11.5 Å². The Bertz CT molecular complexity index is 831. The van der Waals surface area contributed by atoms with E-state index in [1.165, 1.54) is 0 Å². The molecule has 27 heavy (non-hydrogen) atoms. The van der Waals surface area contributed by atoms with Gasteiger partial charge in [-0.15, -0.1) is 0 Å². The topological polar surface area (TPSA) is 76.7 Å². The number of nitrogens with one attached hydrogen (secondary N) is 2. The average Bonchev–Trinajstić information content (AvgIpc) is 2.67. The number of methoxy groups -OCH3 is 1. The highest BCUT2D eigenvalue weighted by molar-refractivity contribution is 5.96. The van der Waals surface area contributed by atoms with E-state index in [2.05, 4.69) is 10.6 Å². The molecule has 6 nitrogen and oxygen atoms in total. The smallest absolute Gasteiger partial charge is 0.251 e. The lowest BCUT2D eigenvalue weighted by atomic mass is 9.95. The molecule has 0 aliphatic carbocycles. The van der Waals surface area contributed by atoms with Crippen LogP contribution in [0.4, 0.5) is 5.69 Å². The normalized spacial score (nSPS) is 15.5. The molecule has 0 aromatic heterocycles. The highest BCUT2D eigenvalue weighted by Crippen LogP contribution is 2.36. The summed E-state index contributed by atoms with van der Waals surface area (Å²) in [5.74, 6) is 0.872. The van der Waals surface area contributed by atoms with Crippen LogP contribution in [-0.2, 0) is 11.2 Å². The molecule has 2 aromatic rings. The standard InChI is InChI=1S/C21H24N2O4/c1-13(2)22-20(24)14-7-9-17(10-8-14)23-21(25)16-11-15-5-4-6-18(26-3)19(15)27-12-16/h4-10,13,16H,11-12H2,1-3H3,(H,22,24)(H,23,25). The molecule has 1 atom stereocenters. The Kier molecular flexibility index (Phi) is 5.64. The van der Waals surface area contributed by atoms with E-state index >= 15 is 0 Å². The fourth-order valence-corrected chi connectivity index (χ4v) is 3.02. The summed E-state index contributed by atoms with van der Waals surface area (Å²) in [4.78, 5) is 24.6. The van der Waals surface area contributed by atoms with Crippen molar-refractivity contribution in [2.24, 2.45) is 5.92 Å². The SMILES string of the molecule is COc1cccc2c1OCC(C(=O)Nc1ccc(C(=O)NC(C)C)cc1)C2. The van der Waals surface area contributed by atoms with Gasteiger partial charge in [-0.05, 0) is 56.2 Å². The third kappa shape index (κ3) is 4.39. The van der Waals surface area contributed by atoms with Gasteiger partial charge in [-0.3, -0.25) is 9.59 Å². The molecule has 0 bridgehead atoms. The minimum absolute atomic E-state index is 0.0738. The number of hydrogen-bond donors (Lipinski definition) is 2.